The topological polar surface area (TPSA) is 44.5 Å². The van der Waals surface area contributed by atoms with Crippen LogP contribution >= 0.6 is 11.6 Å². The van der Waals surface area contributed by atoms with Gasteiger partial charge in [-0.1, -0.05) is 11.6 Å². The lowest BCUT2D eigenvalue weighted by molar-refractivity contribution is 0.101. The first kappa shape index (κ1) is 14.6. The smallest absolute Gasteiger partial charge is 0.122 e. The van der Waals surface area contributed by atoms with Crippen molar-refractivity contribution in [3.8, 4) is 5.75 Å². The molecule has 1 saturated heterocycles. The summed E-state index contributed by atoms with van der Waals surface area (Å²) in [5, 5.41) is 0.724. The summed E-state index contributed by atoms with van der Waals surface area (Å²) in [6.45, 7) is 0.905. The molecule has 0 amide bonds. The summed E-state index contributed by atoms with van der Waals surface area (Å²) < 4.78 is 11.0. The van der Waals surface area contributed by atoms with Crippen LogP contribution in [0.3, 0.4) is 0 Å². The lowest BCUT2D eigenvalue weighted by Crippen LogP contribution is -2.24. The fraction of sp³-hybridized carbons (Fsp3) is 0.600. The average molecular weight is 284 g/mol. The van der Waals surface area contributed by atoms with E-state index in [4.69, 9.17) is 26.8 Å². The molecular weight excluding hydrogens is 262 g/mol. The van der Waals surface area contributed by atoms with E-state index in [1.54, 1.807) is 7.11 Å². The van der Waals surface area contributed by atoms with Gasteiger partial charge in [-0.25, -0.2) is 0 Å². The van der Waals surface area contributed by atoms with Crippen LogP contribution in [-0.4, -0.2) is 25.9 Å². The molecule has 2 N–H and O–H groups in total. The number of halogens is 1. The summed E-state index contributed by atoms with van der Waals surface area (Å²) in [5.41, 5.74) is 7.28. The summed E-state index contributed by atoms with van der Waals surface area (Å²) in [7, 11) is 1.67. The maximum Gasteiger partial charge on any atom is 0.122 e. The zero-order valence-electron chi connectivity index (χ0n) is 11.4. The van der Waals surface area contributed by atoms with E-state index in [1.807, 2.05) is 18.2 Å². The molecular formula is C15H22ClNO2. The summed E-state index contributed by atoms with van der Waals surface area (Å²) >= 11 is 6.02. The highest BCUT2D eigenvalue weighted by Crippen LogP contribution is 2.25. The van der Waals surface area contributed by atoms with Crippen molar-refractivity contribution in [1.29, 1.82) is 0 Å². The first-order valence-corrected chi connectivity index (χ1v) is 7.26. The fourth-order valence-electron chi connectivity index (χ4n) is 2.56. The van der Waals surface area contributed by atoms with Gasteiger partial charge in [0, 0.05) is 17.7 Å². The Labute approximate surface area is 120 Å². The normalized spacial score (nSPS) is 20.5. The van der Waals surface area contributed by atoms with Crippen LogP contribution in [0.4, 0.5) is 0 Å². The Hall–Kier alpha value is -0.770. The van der Waals surface area contributed by atoms with Crippen molar-refractivity contribution in [3.63, 3.8) is 0 Å². The first-order valence-electron chi connectivity index (χ1n) is 6.88. The predicted octanol–water partition coefficient (Wildman–Crippen LogP) is 3.18. The van der Waals surface area contributed by atoms with Crippen LogP contribution in [0.1, 0.15) is 31.2 Å². The third-order valence-corrected chi connectivity index (χ3v) is 3.84. The molecule has 4 heteroatoms. The van der Waals surface area contributed by atoms with E-state index in [-0.39, 0.29) is 6.04 Å². The van der Waals surface area contributed by atoms with Crippen LogP contribution in [0, 0.1) is 0 Å². The molecule has 2 rings (SSSR count). The fourth-order valence-corrected chi connectivity index (χ4v) is 2.76. The van der Waals surface area contributed by atoms with E-state index >= 15 is 0 Å². The van der Waals surface area contributed by atoms with Crippen molar-refractivity contribution in [1.82, 2.24) is 0 Å². The average Bonchev–Trinajstić information content (AvgIpc) is 2.90. The zero-order chi connectivity index (χ0) is 13.7. The molecule has 1 aromatic rings. The van der Waals surface area contributed by atoms with Crippen molar-refractivity contribution in [2.45, 2.75) is 44.2 Å². The van der Waals surface area contributed by atoms with Gasteiger partial charge in [-0.05, 0) is 55.9 Å². The van der Waals surface area contributed by atoms with Gasteiger partial charge < -0.3 is 15.2 Å². The van der Waals surface area contributed by atoms with Crippen LogP contribution in [0.15, 0.2) is 18.2 Å². The molecule has 2 atom stereocenters. The van der Waals surface area contributed by atoms with Crippen LogP contribution in [0.2, 0.25) is 5.02 Å². The van der Waals surface area contributed by atoms with Crippen LogP contribution in [0.25, 0.3) is 0 Å². The molecule has 1 fully saturated rings. The number of rotatable bonds is 6. The van der Waals surface area contributed by atoms with Gasteiger partial charge in [-0.2, -0.15) is 0 Å². The van der Waals surface area contributed by atoms with Gasteiger partial charge in [0.1, 0.15) is 5.75 Å². The lowest BCUT2D eigenvalue weighted by Gasteiger charge is -2.16. The molecule has 1 heterocycles. The Bertz CT molecular complexity index is 405. The van der Waals surface area contributed by atoms with E-state index in [1.165, 1.54) is 12.8 Å². The maximum atomic E-state index is 6.20. The van der Waals surface area contributed by atoms with E-state index in [2.05, 4.69) is 0 Å². The molecule has 0 bridgehead atoms. The van der Waals surface area contributed by atoms with Gasteiger partial charge in [0.25, 0.3) is 0 Å². The Morgan fingerprint density at radius 2 is 2.37 bits per heavy atom. The van der Waals surface area contributed by atoms with Crippen LogP contribution < -0.4 is 10.5 Å². The number of nitrogens with two attached hydrogens (primary N) is 1. The number of benzene rings is 1. The molecule has 0 aliphatic carbocycles. The minimum Gasteiger partial charge on any atom is -0.496 e. The van der Waals surface area contributed by atoms with E-state index < -0.39 is 0 Å². The van der Waals surface area contributed by atoms with E-state index in [9.17, 15) is 0 Å². The van der Waals surface area contributed by atoms with E-state index in [0.29, 0.717) is 6.10 Å². The van der Waals surface area contributed by atoms with Gasteiger partial charge in [0.05, 0.1) is 13.2 Å². The molecule has 0 saturated carbocycles. The van der Waals surface area contributed by atoms with Crippen molar-refractivity contribution >= 4 is 11.6 Å². The third-order valence-electron chi connectivity index (χ3n) is 3.61. The van der Waals surface area contributed by atoms with Crippen LogP contribution in [0.5, 0.6) is 5.75 Å². The number of methoxy groups -OCH3 is 1. The van der Waals surface area contributed by atoms with Crippen molar-refractivity contribution in [2.24, 2.45) is 5.73 Å². The molecule has 3 nitrogen and oxygen atoms in total. The second-order valence-corrected chi connectivity index (χ2v) is 5.57. The summed E-state index contributed by atoms with van der Waals surface area (Å²) in [6, 6.07) is 5.79. The molecule has 0 radical (unpaired) electrons. The standard InChI is InChI=1S/C15H22ClNO2/c1-18-15-7-4-12(16)9-11(15)10-13(17)5-6-14-3-2-8-19-14/h4,7,9,13-14H,2-3,5-6,8,10,17H2,1H3. The molecule has 0 spiro atoms. The van der Waals surface area contributed by atoms with Gasteiger partial charge in [-0.3, -0.25) is 0 Å². The molecule has 1 aliphatic rings. The number of hydrogen-bond acceptors (Lipinski definition) is 3. The number of ether oxygens (including phenoxy) is 2. The minimum atomic E-state index is 0.122. The molecule has 2 unspecified atom stereocenters. The molecule has 0 aromatic heterocycles. The number of hydrogen-bond donors (Lipinski definition) is 1. The monoisotopic (exact) mass is 283 g/mol. The highest BCUT2D eigenvalue weighted by atomic mass is 35.5. The Morgan fingerprint density at radius 3 is 3.05 bits per heavy atom. The molecule has 19 heavy (non-hydrogen) atoms. The Kier molecular flexibility index (Phi) is 5.49. The SMILES string of the molecule is COc1ccc(Cl)cc1CC(N)CCC1CCCO1. The summed E-state index contributed by atoms with van der Waals surface area (Å²) in [4.78, 5) is 0. The van der Waals surface area contributed by atoms with Crippen molar-refractivity contribution in [2.75, 3.05) is 13.7 Å². The Morgan fingerprint density at radius 1 is 1.53 bits per heavy atom. The minimum absolute atomic E-state index is 0.122. The quantitative estimate of drug-likeness (QED) is 0.872. The molecule has 1 aromatic carbocycles. The van der Waals surface area contributed by atoms with E-state index in [0.717, 1.165) is 42.2 Å². The highest BCUT2D eigenvalue weighted by molar-refractivity contribution is 6.30. The largest absolute Gasteiger partial charge is 0.496 e. The summed E-state index contributed by atoms with van der Waals surface area (Å²) in [6.07, 6.45) is 5.57. The summed E-state index contributed by atoms with van der Waals surface area (Å²) in [5.74, 6) is 0.858. The van der Waals surface area contributed by atoms with Crippen molar-refractivity contribution in [3.05, 3.63) is 28.8 Å². The van der Waals surface area contributed by atoms with Crippen LogP contribution in [-0.2, 0) is 11.2 Å². The third kappa shape index (κ3) is 4.37. The highest BCUT2D eigenvalue weighted by Gasteiger charge is 2.17. The van der Waals surface area contributed by atoms with Gasteiger partial charge in [0.2, 0.25) is 0 Å². The van der Waals surface area contributed by atoms with Gasteiger partial charge in [-0.15, -0.1) is 0 Å². The van der Waals surface area contributed by atoms with Gasteiger partial charge >= 0.3 is 0 Å². The predicted molar refractivity (Wildman–Crippen MR) is 77.9 cm³/mol. The Balaban J connectivity index is 1.86. The zero-order valence-corrected chi connectivity index (χ0v) is 12.2. The second-order valence-electron chi connectivity index (χ2n) is 5.13. The molecule has 106 valence electrons. The molecule has 1 aliphatic heterocycles. The first-order chi connectivity index (χ1) is 9.19. The lowest BCUT2D eigenvalue weighted by atomic mass is 9.99. The second kappa shape index (κ2) is 7.13. The van der Waals surface area contributed by atoms with Crippen molar-refractivity contribution < 1.29 is 9.47 Å². The maximum absolute atomic E-state index is 6.20. The van der Waals surface area contributed by atoms with Gasteiger partial charge in [0.15, 0.2) is 0 Å².